The van der Waals surface area contributed by atoms with E-state index in [2.05, 4.69) is 5.32 Å². The van der Waals surface area contributed by atoms with Crippen molar-refractivity contribution in [1.82, 2.24) is 14.8 Å². The number of aryl methyl sites for hydroxylation is 2. The number of carboxylic acids is 1. The summed E-state index contributed by atoms with van der Waals surface area (Å²) in [7, 11) is 0. The van der Waals surface area contributed by atoms with Crippen LogP contribution < -0.4 is 15.6 Å². The monoisotopic (exact) mass is 699 g/mol. The van der Waals surface area contributed by atoms with E-state index in [4.69, 9.17) is 4.74 Å². The summed E-state index contributed by atoms with van der Waals surface area (Å²) in [5.41, 5.74) is -1.98. The maximum Gasteiger partial charge on any atom is 0.416 e. The largest absolute Gasteiger partial charge is 0.481 e. The Balaban J connectivity index is 1.58. The molecule has 4 aromatic rings. The summed E-state index contributed by atoms with van der Waals surface area (Å²) in [6.07, 6.45) is -6.41. The number of rotatable bonds is 6. The first-order valence-electron chi connectivity index (χ1n) is 15.7. The standard InChI is InChI=1S/C36H31F6N3O5/c1-18-4-3-5-29-32(18)21-10-19(2)33(39)25(11-21)28(14-31(47)48)43-35(49)34(24-12-23(50-29)6-7-27(24)38)45-15-20(8-9-44-16-22(37)17-44)26(13-30(45)46)36(40,41)42/h3-7,10-13,15,22,28,34H,8-9,14,16-17H2,1-2H3,(H,43,49)(H,47,48)/t28-,34+/m0/s1. The molecule has 3 aromatic carbocycles. The molecule has 0 aliphatic carbocycles. The molecule has 1 fully saturated rings. The van der Waals surface area contributed by atoms with E-state index in [-0.39, 0.29) is 48.7 Å². The molecule has 3 heterocycles. The van der Waals surface area contributed by atoms with Gasteiger partial charge < -0.3 is 15.2 Å². The van der Waals surface area contributed by atoms with Crippen molar-refractivity contribution < 1.29 is 45.8 Å². The van der Waals surface area contributed by atoms with Crippen molar-refractivity contribution in [2.75, 3.05) is 19.6 Å². The van der Waals surface area contributed by atoms with Crippen LogP contribution in [0.15, 0.2) is 65.6 Å². The van der Waals surface area contributed by atoms with Crippen molar-refractivity contribution in [1.29, 1.82) is 0 Å². The van der Waals surface area contributed by atoms with E-state index in [9.17, 15) is 37.1 Å². The predicted octanol–water partition coefficient (Wildman–Crippen LogP) is 6.65. The molecular formula is C36H31F6N3O5. The Bertz CT molecular complexity index is 2060. The van der Waals surface area contributed by atoms with Gasteiger partial charge in [-0.1, -0.05) is 12.1 Å². The Morgan fingerprint density at radius 1 is 1.00 bits per heavy atom. The van der Waals surface area contributed by atoms with E-state index in [1.54, 1.807) is 30.0 Å². The van der Waals surface area contributed by atoms with Crippen LogP contribution in [0.5, 0.6) is 11.5 Å². The molecule has 6 rings (SSSR count). The lowest BCUT2D eigenvalue weighted by molar-refractivity contribution is -0.139. The van der Waals surface area contributed by atoms with Crippen LogP contribution in [0, 0.1) is 25.5 Å². The van der Waals surface area contributed by atoms with E-state index in [1.165, 1.54) is 25.1 Å². The molecule has 8 nitrogen and oxygen atoms in total. The van der Waals surface area contributed by atoms with Gasteiger partial charge in [0.2, 0.25) is 5.91 Å². The molecule has 1 amide bonds. The summed E-state index contributed by atoms with van der Waals surface area (Å²) < 4.78 is 94.4. The highest BCUT2D eigenvalue weighted by Crippen LogP contribution is 2.40. The lowest BCUT2D eigenvalue weighted by Gasteiger charge is -2.34. The first kappa shape index (κ1) is 34.7. The van der Waals surface area contributed by atoms with Gasteiger partial charge in [-0.3, -0.25) is 23.9 Å². The average Bonchev–Trinajstić information content (AvgIpc) is 3.02. The smallest absolute Gasteiger partial charge is 0.416 e. The van der Waals surface area contributed by atoms with Crippen LogP contribution in [0.1, 0.15) is 51.9 Å². The van der Waals surface area contributed by atoms with Crippen molar-refractivity contribution in [2.45, 2.75) is 51.1 Å². The number of nitrogens with zero attached hydrogens (tertiary/aromatic N) is 2. The van der Waals surface area contributed by atoms with Crippen LogP contribution in [-0.4, -0.2) is 52.3 Å². The predicted molar refractivity (Wildman–Crippen MR) is 170 cm³/mol. The van der Waals surface area contributed by atoms with Crippen molar-refractivity contribution in [2.24, 2.45) is 0 Å². The number of aliphatic carboxylic acids is 1. The van der Waals surface area contributed by atoms with Crippen LogP contribution in [0.4, 0.5) is 26.3 Å². The summed E-state index contributed by atoms with van der Waals surface area (Å²) >= 11 is 0. The van der Waals surface area contributed by atoms with Gasteiger partial charge in [-0.05, 0) is 78.9 Å². The number of pyridine rings is 1. The third-order valence-corrected chi connectivity index (χ3v) is 8.97. The van der Waals surface area contributed by atoms with Gasteiger partial charge in [0.25, 0.3) is 5.56 Å². The lowest BCUT2D eigenvalue weighted by atomic mass is 9.92. The van der Waals surface area contributed by atoms with Crippen LogP contribution in [0.25, 0.3) is 11.1 Å². The number of carbonyl (C=O) groups excluding carboxylic acids is 1. The molecule has 14 heteroatoms. The fourth-order valence-electron chi connectivity index (χ4n) is 6.52. The van der Waals surface area contributed by atoms with Crippen molar-refractivity contribution in [3.05, 3.63) is 116 Å². The maximum absolute atomic E-state index is 15.9. The van der Waals surface area contributed by atoms with Gasteiger partial charge in [0.05, 0.1) is 18.0 Å². The number of carbonyl (C=O) groups is 2. The van der Waals surface area contributed by atoms with Crippen molar-refractivity contribution in [3.8, 4) is 22.6 Å². The number of fused-ring (bicyclic) bond motifs is 6. The zero-order valence-corrected chi connectivity index (χ0v) is 26.8. The number of nitrogens with one attached hydrogen (secondary N) is 1. The highest BCUT2D eigenvalue weighted by Gasteiger charge is 2.38. The zero-order chi connectivity index (χ0) is 36.1. The zero-order valence-electron chi connectivity index (χ0n) is 26.8. The number of hydrogen-bond donors (Lipinski definition) is 2. The van der Waals surface area contributed by atoms with Crippen LogP contribution >= 0.6 is 0 Å². The first-order chi connectivity index (χ1) is 23.6. The van der Waals surface area contributed by atoms with Crippen LogP contribution in [0.2, 0.25) is 0 Å². The Morgan fingerprint density at radius 3 is 2.42 bits per heavy atom. The number of carboxylic acid groups (broad SMARTS) is 1. The topological polar surface area (TPSA) is 101 Å². The molecule has 2 atom stereocenters. The highest BCUT2D eigenvalue weighted by molar-refractivity contribution is 5.85. The molecule has 0 saturated carbocycles. The molecule has 1 aromatic heterocycles. The summed E-state index contributed by atoms with van der Waals surface area (Å²) in [4.78, 5) is 41.4. The van der Waals surface area contributed by atoms with E-state index >= 15 is 8.78 Å². The second-order valence-corrected chi connectivity index (χ2v) is 12.6. The molecule has 1 saturated heterocycles. The SMILES string of the molecule is Cc1cc2cc(c1F)[C@H](CC(=O)O)NC(=O)[C@H](n1cc(CCN3CC(F)C3)c(C(F)(F)F)cc1=O)c1cc(ccc1F)Oc1cccc(C)c1-2. The molecule has 50 heavy (non-hydrogen) atoms. The fraction of sp³-hybridized carbons (Fsp3) is 0.306. The summed E-state index contributed by atoms with van der Waals surface area (Å²) in [6.45, 7) is 3.28. The number of likely N-dealkylation sites (tertiary alicyclic amines) is 1. The molecule has 4 bridgehead atoms. The van der Waals surface area contributed by atoms with E-state index < -0.39 is 76.6 Å². The van der Waals surface area contributed by atoms with E-state index in [1.807, 2.05) is 0 Å². The number of aromatic nitrogens is 1. The number of ether oxygens (including phenoxy) is 1. The molecule has 2 aliphatic rings. The average molecular weight is 700 g/mol. The van der Waals surface area contributed by atoms with E-state index in [0.29, 0.717) is 27.3 Å². The normalized spacial score (nSPS) is 18.1. The molecule has 2 aliphatic heterocycles. The van der Waals surface area contributed by atoms with Gasteiger partial charge in [-0.15, -0.1) is 0 Å². The number of benzene rings is 3. The Kier molecular flexibility index (Phi) is 9.25. The van der Waals surface area contributed by atoms with Crippen molar-refractivity contribution >= 4 is 11.9 Å². The summed E-state index contributed by atoms with van der Waals surface area (Å²) in [5.74, 6) is -4.23. The second-order valence-electron chi connectivity index (χ2n) is 12.6. The minimum atomic E-state index is -4.98. The second kappa shape index (κ2) is 13.3. The van der Waals surface area contributed by atoms with Crippen LogP contribution in [0.3, 0.4) is 0 Å². The lowest BCUT2D eigenvalue weighted by Crippen LogP contribution is -2.49. The Morgan fingerprint density at radius 2 is 1.74 bits per heavy atom. The number of hydrogen-bond acceptors (Lipinski definition) is 5. The molecule has 0 radical (unpaired) electrons. The molecule has 2 N–H and O–H groups in total. The minimum Gasteiger partial charge on any atom is -0.481 e. The molecule has 0 spiro atoms. The Labute approximate surface area is 281 Å². The summed E-state index contributed by atoms with van der Waals surface area (Å²) in [5, 5.41) is 12.3. The maximum atomic E-state index is 15.9. The number of halogens is 6. The van der Waals surface area contributed by atoms with Gasteiger partial charge in [0.15, 0.2) is 0 Å². The van der Waals surface area contributed by atoms with Gasteiger partial charge in [-0.2, -0.15) is 13.2 Å². The van der Waals surface area contributed by atoms with Gasteiger partial charge in [0, 0.05) is 48.6 Å². The minimum absolute atomic E-state index is 0.00470. The van der Waals surface area contributed by atoms with Gasteiger partial charge >= 0.3 is 12.1 Å². The third-order valence-electron chi connectivity index (χ3n) is 8.97. The Hall–Kier alpha value is -5.11. The van der Waals surface area contributed by atoms with Crippen LogP contribution in [-0.2, 0) is 22.2 Å². The summed E-state index contributed by atoms with van der Waals surface area (Å²) in [6, 6.07) is 8.05. The quantitative estimate of drug-likeness (QED) is 0.219. The third kappa shape index (κ3) is 6.84. The highest BCUT2D eigenvalue weighted by atomic mass is 19.4. The molecule has 0 unspecified atom stereocenters. The van der Waals surface area contributed by atoms with Crippen molar-refractivity contribution in [3.63, 3.8) is 0 Å². The van der Waals surface area contributed by atoms with E-state index in [0.717, 1.165) is 18.3 Å². The number of amides is 1. The first-order valence-corrected chi connectivity index (χ1v) is 15.7. The fourth-order valence-corrected chi connectivity index (χ4v) is 6.52. The number of alkyl halides is 4. The molecule has 262 valence electrons. The van der Waals surface area contributed by atoms with Gasteiger partial charge in [0.1, 0.15) is 35.3 Å². The molecular weight excluding hydrogens is 668 g/mol. The van der Waals surface area contributed by atoms with Gasteiger partial charge in [-0.25, -0.2) is 13.2 Å².